The molecule has 0 aliphatic carbocycles. The molecule has 2 rings (SSSR count). The van der Waals surface area contributed by atoms with Gasteiger partial charge in [-0.3, -0.25) is 0 Å². The Balaban J connectivity index is 0.00000392. The number of nitrogens with one attached hydrogen (secondary N) is 2. The fourth-order valence-electron chi connectivity index (χ4n) is 2.32. The van der Waals surface area contributed by atoms with E-state index in [1.165, 1.54) is 0 Å². The van der Waals surface area contributed by atoms with Crippen molar-refractivity contribution in [1.82, 2.24) is 25.4 Å². The molecular weight excluding hydrogens is 471 g/mol. The summed E-state index contributed by atoms with van der Waals surface area (Å²) in [5, 5.41) is 14.9. The standard InChI is InChI=1S/C19H30N6O2.HI/c1-16-23-24-18(25(16)2)15-22-19(20-11-7-13-26-3)21-12-8-14-27-17-9-5-4-6-10-17;/h4-6,9-10H,7-8,11-15H2,1-3H3,(H2,20,21,22);1H. The van der Waals surface area contributed by atoms with E-state index in [9.17, 15) is 0 Å². The second-order valence-corrected chi connectivity index (χ2v) is 6.10. The first-order chi connectivity index (χ1) is 13.2. The number of para-hydroxylation sites is 1. The number of halogens is 1. The summed E-state index contributed by atoms with van der Waals surface area (Å²) < 4.78 is 12.7. The first-order valence-electron chi connectivity index (χ1n) is 9.24. The van der Waals surface area contributed by atoms with Gasteiger partial charge < -0.3 is 24.7 Å². The average Bonchev–Trinajstić information content (AvgIpc) is 3.01. The number of nitrogens with zero attached hydrogens (tertiary/aromatic N) is 4. The molecule has 0 atom stereocenters. The molecule has 0 aliphatic heterocycles. The maximum atomic E-state index is 5.71. The lowest BCUT2D eigenvalue weighted by Gasteiger charge is -2.13. The van der Waals surface area contributed by atoms with Crippen molar-refractivity contribution < 1.29 is 9.47 Å². The number of aromatic nitrogens is 3. The molecule has 0 aliphatic rings. The van der Waals surface area contributed by atoms with Crippen molar-refractivity contribution >= 4 is 29.9 Å². The molecule has 0 saturated heterocycles. The summed E-state index contributed by atoms with van der Waals surface area (Å²) in [5.41, 5.74) is 0. The van der Waals surface area contributed by atoms with E-state index in [-0.39, 0.29) is 24.0 Å². The molecule has 1 aromatic carbocycles. The quantitative estimate of drug-likeness (QED) is 0.212. The van der Waals surface area contributed by atoms with Crippen LogP contribution in [-0.2, 0) is 18.3 Å². The molecule has 0 amide bonds. The van der Waals surface area contributed by atoms with Crippen LogP contribution in [0.5, 0.6) is 5.75 Å². The number of aliphatic imine (C=N–C) groups is 1. The number of hydrogen-bond donors (Lipinski definition) is 2. The first-order valence-corrected chi connectivity index (χ1v) is 9.24. The molecule has 8 nitrogen and oxygen atoms in total. The Hall–Kier alpha value is -1.88. The number of guanidine groups is 1. The Morgan fingerprint density at radius 3 is 2.36 bits per heavy atom. The molecular formula is C19H31IN6O2. The van der Waals surface area contributed by atoms with Crippen molar-refractivity contribution in [1.29, 1.82) is 0 Å². The van der Waals surface area contributed by atoms with E-state index in [1.807, 2.05) is 48.9 Å². The molecule has 2 N–H and O–H groups in total. The maximum absolute atomic E-state index is 5.71. The third kappa shape index (κ3) is 8.87. The van der Waals surface area contributed by atoms with Crippen LogP contribution in [0.1, 0.15) is 24.5 Å². The zero-order valence-electron chi connectivity index (χ0n) is 16.9. The van der Waals surface area contributed by atoms with Gasteiger partial charge in [-0.05, 0) is 31.9 Å². The van der Waals surface area contributed by atoms with Gasteiger partial charge in [0.15, 0.2) is 11.8 Å². The van der Waals surface area contributed by atoms with E-state index in [0.29, 0.717) is 19.8 Å². The summed E-state index contributed by atoms with van der Waals surface area (Å²) in [6.07, 6.45) is 1.79. The highest BCUT2D eigenvalue weighted by molar-refractivity contribution is 14.0. The van der Waals surface area contributed by atoms with Crippen LogP contribution in [0.2, 0.25) is 0 Å². The molecule has 0 fully saturated rings. The maximum Gasteiger partial charge on any atom is 0.191 e. The van der Waals surface area contributed by atoms with E-state index >= 15 is 0 Å². The molecule has 0 radical (unpaired) electrons. The van der Waals surface area contributed by atoms with Crippen molar-refractivity contribution in [3.8, 4) is 5.75 Å². The van der Waals surface area contributed by atoms with Crippen molar-refractivity contribution in [2.24, 2.45) is 12.0 Å². The third-order valence-corrected chi connectivity index (χ3v) is 4.00. The second kappa shape index (κ2) is 14.2. The molecule has 1 heterocycles. The fraction of sp³-hybridized carbons (Fsp3) is 0.526. The van der Waals surface area contributed by atoms with Gasteiger partial charge in [-0.2, -0.15) is 0 Å². The van der Waals surface area contributed by atoms with E-state index < -0.39 is 0 Å². The summed E-state index contributed by atoms with van der Waals surface area (Å²) in [5.74, 6) is 3.35. The third-order valence-electron chi connectivity index (χ3n) is 4.00. The number of hydrogen-bond acceptors (Lipinski definition) is 5. The van der Waals surface area contributed by atoms with Gasteiger partial charge in [0.2, 0.25) is 0 Å². The minimum Gasteiger partial charge on any atom is -0.494 e. The monoisotopic (exact) mass is 502 g/mol. The molecule has 2 aromatic rings. The van der Waals surface area contributed by atoms with Gasteiger partial charge in [0.25, 0.3) is 0 Å². The van der Waals surface area contributed by atoms with Crippen molar-refractivity contribution in [3.63, 3.8) is 0 Å². The highest BCUT2D eigenvalue weighted by Gasteiger charge is 2.05. The molecule has 0 saturated carbocycles. The van der Waals surface area contributed by atoms with Crippen LogP contribution in [0.3, 0.4) is 0 Å². The predicted octanol–water partition coefficient (Wildman–Crippen LogP) is 2.28. The average molecular weight is 502 g/mol. The van der Waals surface area contributed by atoms with Gasteiger partial charge >= 0.3 is 0 Å². The topological polar surface area (TPSA) is 85.6 Å². The lowest BCUT2D eigenvalue weighted by atomic mass is 10.3. The highest BCUT2D eigenvalue weighted by atomic mass is 127. The van der Waals surface area contributed by atoms with Crippen LogP contribution < -0.4 is 15.4 Å². The largest absolute Gasteiger partial charge is 0.494 e. The zero-order valence-corrected chi connectivity index (χ0v) is 19.2. The summed E-state index contributed by atoms with van der Waals surface area (Å²) >= 11 is 0. The van der Waals surface area contributed by atoms with Gasteiger partial charge in [-0.1, -0.05) is 18.2 Å². The van der Waals surface area contributed by atoms with Crippen LogP contribution in [0.4, 0.5) is 0 Å². The Morgan fingerprint density at radius 2 is 1.75 bits per heavy atom. The van der Waals surface area contributed by atoms with Gasteiger partial charge in [-0.15, -0.1) is 34.2 Å². The number of ether oxygens (including phenoxy) is 2. The molecule has 156 valence electrons. The van der Waals surface area contributed by atoms with Gasteiger partial charge in [-0.25, -0.2) is 4.99 Å². The first kappa shape index (κ1) is 24.2. The molecule has 28 heavy (non-hydrogen) atoms. The number of rotatable bonds is 11. The predicted molar refractivity (Wildman–Crippen MR) is 121 cm³/mol. The Bertz CT molecular complexity index is 693. The van der Waals surface area contributed by atoms with E-state index in [1.54, 1.807) is 7.11 Å². The lowest BCUT2D eigenvalue weighted by Crippen LogP contribution is -2.39. The van der Waals surface area contributed by atoms with Crippen molar-refractivity contribution in [2.45, 2.75) is 26.3 Å². The highest BCUT2D eigenvalue weighted by Crippen LogP contribution is 2.08. The summed E-state index contributed by atoms with van der Waals surface area (Å²) in [4.78, 5) is 4.61. The van der Waals surface area contributed by atoms with Crippen LogP contribution in [-0.4, -0.2) is 54.1 Å². The number of aryl methyl sites for hydroxylation is 1. The molecule has 0 spiro atoms. The Morgan fingerprint density at radius 1 is 1.07 bits per heavy atom. The van der Waals surface area contributed by atoms with E-state index in [2.05, 4.69) is 25.8 Å². The normalized spacial score (nSPS) is 11.0. The summed E-state index contributed by atoms with van der Waals surface area (Å²) in [6, 6.07) is 9.83. The van der Waals surface area contributed by atoms with Gasteiger partial charge in [0, 0.05) is 33.9 Å². The van der Waals surface area contributed by atoms with Crippen LogP contribution in [0.15, 0.2) is 35.3 Å². The van der Waals surface area contributed by atoms with Crippen LogP contribution >= 0.6 is 24.0 Å². The van der Waals surface area contributed by atoms with Gasteiger partial charge in [0.05, 0.1) is 6.61 Å². The summed E-state index contributed by atoms with van der Waals surface area (Å²) in [7, 11) is 3.65. The Labute approximate surface area is 184 Å². The van der Waals surface area contributed by atoms with Gasteiger partial charge in [0.1, 0.15) is 18.1 Å². The smallest absolute Gasteiger partial charge is 0.191 e. The zero-order chi connectivity index (χ0) is 19.3. The molecule has 9 heteroatoms. The fourth-order valence-corrected chi connectivity index (χ4v) is 2.32. The van der Waals surface area contributed by atoms with Crippen LogP contribution in [0, 0.1) is 6.92 Å². The number of benzene rings is 1. The molecule has 0 unspecified atom stereocenters. The number of methoxy groups -OCH3 is 1. The minimum atomic E-state index is 0. The Kier molecular flexibility index (Phi) is 12.2. The van der Waals surface area contributed by atoms with E-state index in [4.69, 9.17) is 9.47 Å². The van der Waals surface area contributed by atoms with Crippen molar-refractivity contribution in [3.05, 3.63) is 42.0 Å². The minimum absolute atomic E-state index is 0. The second-order valence-electron chi connectivity index (χ2n) is 6.10. The van der Waals surface area contributed by atoms with Crippen LogP contribution in [0.25, 0.3) is 0 Å². The summed E-state index contributed by atoms with van der Waals surface area (Å²) in [6.45, 7) is 5.32. The SMILES string of the molecule is COCCCNC(=NCc1nnc(C)n1C)NCCCOc1ccccc1.I. The van der Waals surface area contributed by atoms with E-state index in [0.717, 1.165) is 49.3 Å². The lowest BCUT2D eigenvalue weighted by molar-refractivity contribution is 0.195. The van der Waals surface area contributed by atoms with Crippen molar-refractivity contribution in [2.75, 3.05) is 33.4 Å². The molecule has 1 aromatic heterocycles. The molecule has 0 bridgehead atoms.